The summed E-state index contributed by atoms with van der Waals surface area (Å²) in [4.78, 5) is 4.29. The van der Waals surface area contributed by atoms with Gasteiger partial charge in [0.25, 0.3) is 0 Å². The molecule has 1 aliphatic rings. The molecule has 2 nitrogen and oxygen atoms in total. The minimum absolute atomic E-state index is 0.596. The largest absolute Gasteiger partial charge is 0.314 e. The van der Waals surface area contributed by atoms with Gasteiger partial charge in [-0.2, -0.15) is 11.8 Å². The smallest absolute Gasteiger partial charge is 0.0410 e. The second kappa shape index (κ2) is 9.06. The van der Waals surface area contributed by atoms with Gasteiger partial charge in [0, 0.05) is 22.9 Å². The molecular weight excluding hydrogens is 332 g/mol. The molecule has 1 aromatic heterocycles. The van der Waals surface area contributed by atoms with Crippen LogP contribution in [0.4, 0.5) is 0 Å². The predicted octanol–water partition coefficient (Wildman–Crippen LogP) is 4.29. The lowest BCUT2D eigenvalue weighted by Crippen LogP contribution is -2.34. The van der Waals surface area contributed by atoms with Crippen LogP contribution < -0.4 is 5.32 Å². The van der Waals surface area contributed by atoms with Gasteiger partial charge in [0.2, 0.25) is 0 Å². The van der Waals surface area contributed by atoms with Crippen molar-refractivity contribution in [2.24, 2.45) is 5.92 Å². The van der Waals surface area contributed by atoms with Crippen molar-refractivity contribution in [1.29, 1.82) is 0 Å². The van der Waals surface area contributed by atoms with Crippen LogP contribution in [-0.4, -0.2) is 29.1 Å². The van der Waals surface area contributed by atoms with Crippen LogP contribution in [0.15, 0.2) is 22.9 Å². The van der Waals surface area contributed by atoms with E-state index in [4.69, 9.17) is 0 Å². The minimum Gasteiger partial charge on any atom is -0.314 e. The molecule has 0 spiro atoms. The van der Waals surface area contributed by atoms with Crippen molar-refractivity contribution in [3.8, 4) is 0 Å². The number of hydrogen-bond acceptors (Lipinski definition) is 3. The first-order valence-electron chi connectivity index (χ1n) is 7.68. The lowest BCUT2D eigenvalue weighted by Gasteiger charge is -2.27. The van der Waals surface area contributed by atoms with Crippen molar-refractivity contribution in [3.05, 3.63) is 28.5 Å². The lowest BCUT2D eigenvalue weighted by molar-refractivity contribution is 0.362. The summed E-state index contributed by atoms with van der Waals surface area (Å²) in [6.07, 6.45) is 10.3. The second-order valence-corrected chi connectivity index (χ2v) is 7.80. The van der Waals surface area contributed by atoms with Gasteiger partial charge < -0.3 is 5.32 Å². The molecule has 1 atom stereocenters. The van der Waals surface area contributed by atoms with Crippen LogP contribution in [-0.2, 0) is 6.42 Å². The van der Waals surface area contributed by atoms with Gasteiger partial charge in [0.15, 0.2) is 0 Å². The van der Waals surface area contributed by atoms with Crippen molar-refractivity contribution >= 4 is 27.7 Å². The zero-order chi connectivity index (χ0) is 14.2. The van der Waals surface area contributed by atoms with Crippen molar-refractivity contribution < 1.29 is 0 Å². The number of nitrogens with zero attached hydrogens (tertiary/aromatic N) is 1. The van der Waals surface area contributed by atoms with E-state index in [0.717, 1.165) is 23.4 Å². The summed E-state index contributed by atoms with van der Waals surface area (Å²) in [5.41, 5.74) is 1.33. The topological polar surface area (TPSA) is 24.9 Å². The third-order valence-corrected chi connectivity index (χ3v) is 5.37. The van der Waals surface area contributed by atoms with Gasteiger partial charge in [-0.3, -0.25) is 4.98 Å². The van der Waals surface area contributed by atoms with Crippen molar-refractivity contribution in [3.63, 3.8) is 0 Å². The molecule has 1 aliphatic heterocycles. The Labute approximate surface area is 135 Å². The van der Waals surface area contributed by atoms with E-state index in [1.807, 2.05) is 12.4 Å². The van der Waals surface area contributed by atoms with E-state index in [9.17, 15) is 0 Å². The maximum atomic E-state index is 4.29. The van der Waals surface area contributed by atoms with E-state index >= 15 is 0 Å². The van der Waals surface area contributed by atoms with Crippen LogP contribution in [0.5, 0.6) is 0 Å². The van der Waals surface area contributed by atoms with Crippen LogP contribution in [0, 0.1) is 5.92 Å². The average molecular weight is 357 g/mol. The van der Waals surface area contributed by atoms with E-state index in [1.165, 1.54) is 42.8 Å². The summed E-state index contributed by atoms with van der Waals surface area (Å²) in [6.45, 7) is 3.36. The Hall–Kier alpha value is -0.0600. The molecule has 2 heterocycles. The molecule has 0 saturated carbocycles. The summed E-state index contributed by atoms with van der Waals surface area (Å²) < 4.78 is 1.08. The molecule has 1 fully saturated rings. The number of rotatable bonds is 7. The average Bonchev–Trinajstić information content (AvgIpc) is 2.46. The van der Waals surface area contributed by atoms with E-state index in [2.05, 4.69) is 51.0 Å². The highest BCUT2D eigenvalue weighted by atomic mass is 79.9. The Morgan fingerprint density at radius 3 is 2.90 bits per heavy atom. The second-order valence-electron chi connectivity index (χ2n) is 5.66. The quantitative estimate of drug-likeness (QED) is 0.788. The van der Waals surface area contributed by atoms with Gasteiger partial charge in [0.1, 0.15) is 0 Å². The Balaban J connectivity index is 1.91. The van der Waals surface area contributed by atoms with Gasteiger partial charge in [0.05, 0.1) is 0 Å². The molecule has 20 heavy (non-hydrogen) atoms. The molecule has 112 valence electrons. The van der Waals surface area contributed by atoms with Crippen molar-refractivity contribution in [2.45, 2.75) is 45.1 Å². The van der Waals surface area contributed by atoms with Crippen LogP contribution in [0.1, 0.15) is 38.2 Å². The maximum Gasteiger partial charge on any atom is 0.0410 e. The maximum absolute atomic E-state index is 4.29. The molecule has 1 unspecified atom stereocenters. The van der Waals surface area contributed by atoms with Gasteiger partial charge in [-0.05, 0) is 83.6 Å². The van der Waals surface area contributed by atoms with E-state index in [0.29, 0.717) is 6.04 Å². The predicted molar refractivity (Wildman–Crippen MR) is 92.4 cm³/mol. The van der Waals surface area contributed by atoms with Gasteiger partial charge >= 0.3 is 0 Å². The van der Waals surface area contributed by atoms with Crippen molar-refractivity contribution in [2.75, 3.05) is 18.1 Å². The van der Waals surface area contributed by atoms with Gasteiger partial charge in [-0.25, -0.2) is 0 Å². The number of pyridine rings is 1. The zero-order valence-corrected chi connectivity index (χ0v) is 14.7. The monoisotopic (exact) mass is 356 g/mol. The summed E-state index contributed by atoms with van der Waals surface area (Å²) in [5, 5.41) is 3.73. The highest BCUT2D eigenvalue weighted by Crippen LogP contribution is 2.27. The van der Waals surface area contributed by atoms with Crippen LogP contribution in [0.3, 0.4) is 0 Å². The van der Waals surface area contributed by atoms with Crippen LogP contribution in [0.25, 0.3) is 0 Å². The molecule has 2 rings (SSSR count). The zero-order valence-electron chi connectivity index (χ0n) is 12.3. The number of halogens is 1. The molecule has 4 heteroatoms. The molecule has 1 aromatic rings. The van der Waals surface area contributed by atoms with E-state index < -0.39 is 0 Å². The van der Waals surface area contributed by atoms with Crippen LogP contribution in [0.2, 0.25) is 0 Å². The molecule has 0 aromatic carbocycles. The fourth-order valence-corrected chi connectivity index (χ4v) is 4.44. The van der Waals surface area contributed by atoms with Gasteiger partial charge in [-0.15, -0.1) is 0 Å². The lowest BCUT2D eigenvalue weighted by atomic mass is 9.91. The molecule has 0 radical (unpaired) electrons. The third kappa shape index (κ3) is 5.74. The van der Waals surface area contributed by atoms with Gasteiger partial charge in [-0.1, -0.05) is 6.92 Å². The normalized spacial score (nSPS) is 18.1. The van der Waals surface area contributed by atoms with E-state index in [-0.39, 0.29) is 0 Å². The Morgan fingerprint density at radius 1 is 1.40 bits per heavy atom. The summed E-state index contributed by atoms with van der Waals surface area (Å²) >= 11 is 5.63. The Kier molecular flexibility index (Phi) is 7.39. The summed E-state index contributed by atoms with van der Waals surface area (Å²) in [5.74, 6) is 3.61. The fourth-order valence-electron chi connectivity index (χ4n) is 2.82. The highest BCUT2D eigenvalue weighted by Gasteiger charge is 2.19. The number of thioether (sulfide) groups is 1. The summed E-state index contributed by atoms with van der Waals surface area (Å²) in [6, 6.07) is 2.80. The third-order valence-electron chi connectivity index (χ3n) is 3.89. The SMILES string of the molecule is CCCNC(Cc1cncc(Br)c1)CC1CCSCC1. The van der Waals surface area contributed by atoms with Crippen LogP contribution >= 0.6 is 27.7 Å². The Morgan fingerprint density at radius 2 is 2.20 bits per heavy atom. The van der Waals surface area contributed by atoms with Crippen molar-refractivity contribution in [1.82, 2.24) is 10.3 Å². The summed E-state index contributed by atoms with van der Waals surface area (Å²) in [7, 11) is 0. The molecule has 1 saturated heterocycles. The number of hydrogen-bond donors (Lipinski definition) is 1. The minimum atomic E-state index is 0.596. The standard InChI is InChI=1S/C16H25BrN2S/c1-2-5-19-16(9-13-3-6-20-7-4-13)10-14-8-15(17)12-18-11-14/h8,11-13,16,19H,2-7,9-10H2,1H3. The molecule has 1 N–H and O–H groups in total. The molecular formula is C16H25BrN2S. The highest BCUT2D eigenvalue weighted by molar-refractivity contribution is 9.10. The number of aromatic nitrogens is 1. The first-order chi connectivity index (χ1) is 9.78. The Bertz CT molecular complexity index is 394. The molecule has 0 bridgehead atoms. The molecule has 0 amide bonds. The number of nitrogens with one attached hydrogen (secondary N) is 1. The fraction of sp³-hybridized carbons (Fsp3) is 0.688. The first kappa shape index (κ1) is 16.3. The first-order valence-corrected chi connectivity index (χ1v) is 9.63. The van der Waals surface area contributed by atoms with E-state index in [1.54, 1.807) is 0 Å². The molecule has 0 aliphatic carbocycles.